The largest absolute Gasteiger partial charge is 0.313 e. The minimum atomic E-state index is -0.274. The summed E-state index contributed by atoms with van der Waals surface area (Å²) in [7, 11) is 1.94. The van der Waals surface area contributed by atoms with Gasteiger partial charge in [-0.3, -0.25) is 0 Å². The minimum Gasteiger partial charge on any atom is -0.313 e. The van der Waals surface area contributed by atoms with Gasteiger partial charge >= 0.3 is 0 Å². The molecule has 0 aromatic heterocycles. The second-order valence-corrected chi connectivity index (χ2v) is 5.82. The van der Waals surface area contributed by atoms with Crippen LogP contribution < -0.4 is 5.32 Å². The lowest BCUT2D eigenvalue weighted by atomic mass is 9.99. The Morgan fingerprint density at radius 1 is 1.10 bits per heavy atom. The lowest BCUT2D eigenvalue weighted by molar-refractivity contribution is 0.495. The van der Waals surface area contributed by atoms with E-state index in [0.29, 0.717) is 5.02 Å². The summed E-state index contributed by atoms with van der Waals surface area (Å²) >= 11 is 6.12. The number of halogens is 2. The monoisotopic (exact) mass is 299 g/mol. The highest BCUT2D eigenvalue weighted by Crippen LogP contribution is 2.27. The molecule has 0 heterocycles. The molecule has 0 radical (unpaired) electrons. The van der Waals surface area contributed by atoms with Crippen molar-refractivity contribution < 1.29 is 4.39 Å². The van der Waals surface area contributed by atoms with Gasteiger partial charge in [-0.25, -0.2) is 4.39 Å². The van der Waals surface area contributed by atoms with Gasteiger partial charge in [0.15, 0.2) is 0 Å². The van der Waals surface area contributed by atoms with Crippen LogP contribution in [-0.4, -0.2) is 7.05 Å². The Kier molecular flexibility index (Phi) is 8.88. The van der Waals surface area contributed by atoms with Crippen molar-refractivity contribution in [2.75, 3.05) is 7.05 Å². The number of benzene rings is 1. The van der Waals surface area contributed by atoms with Gasteiger partial charge in [0, 0.05) is 11.1 Å². The van der Waals surface area contributed by atoms with E-state index >= 15 is 0 Å². The summed E-state index contributed by atoms with van der Waals surface area (Å²) < 4.78 is 13.1. The molecule has 1 unspecified atom stereocenters. The molecule has 0 amide bonds. The van der Waals surface area contributed by atoms with E-state index in [1.165, 1.54) is 57.1 Å². The molecule has 0 bridgehead atoms. The van der Waals surface area contributed by atoms with Gasteiger partial charge in [0.05, 0.1) is 0 Å². The molecule has 1 N–H and O–H groups in total. The average molecular weight is 300 g/mol. The smallest absolute Gasteiger partial charge is 0.124 e. The third-order valence-corrected chi connectivity index (χ3v) is 4.11. The quantitative estimate of drug-likeness (QED) is 0.532. The van der Waals surface area contributed by atoms with Gasteiger partial charge in [-0.15, -0.1) is 0 Å². The van der Waals surface area contributed by atoms with Crippen LogP contribution in [0.25, 0.3) is 0 Å². The van der Waals surface area contributed by atoms with Crippen LogP contribution in [0.5, 0.6) is 0 Å². The van der Waals surface area contributed by atoms with Crippen LogP contribution in [0.3, 0.4) is 0 Å². The zero-order valence-electron chi connectivity index (χ0n) is 12.7. The van der Waals surface area contributed by atoms with E-state index in [-0.39, 0.29) is 11.9 Å². The van der Waals surface area contributed by atoms with E-state index in [1.807, 2.05) is 7.05 Å². The Bertz CT molecular complexity index is 381. The van der Waals surface area contributed by atoms with Crippen molar-refractivity contribution in [2.24, 2.45) is 0 Å². The standard InChI is InChI=1S/C17H27ClFN/c1-3-4-5-6-7-8-9-10-17(20-2)15-12-11-14(19)13-16(15)18/h11-13,17,20H,3-10H2,1-2H3. The summed E-state index contributed by atoms with van der Waals surface area (Å²) in [4.78, 5) is 0. The molecule has 1 aromatic carbocycles. The fourth-order valence-corrected chi connectivity index (χ4v) is 2.84. The molecule has 0 aliphatic rings. The summed E-state index contributed by atoms with van der Waals surface area (Å²) in [5, 5.41) is 3.80. The Morgan fingerprint density at radius 2 is 1.75 bits per heavy atom. The second kappa shape index (κ2) is 10.2. The van der Waals surface area contributed by atoms with E-state index in [4.69, 9.17) is 11.6 Å². The Labute approximate surface area is 127 Å². The Balaban J connectivity index is 2.32. The van der Waals surface area contributed by atoms with Crippen LogP contribution in [-0.2, 0) is 0 Å². The van der Waals surface area contributed by atoms with Gasteiger partial charge in [0.2, 0.25) is 0 Å². The first-order chi connectivity index (χ1) is 9.69. The lowest BCUT2D eigenvalue weighted by Gasteiger charge is -2.18. The first-order valence-corrected chi connectivity index (χ1v) is 8.19. The van der Waals surface area contributed by atoms with Crippen molar-refractivity contribution >= 4 is 11.6 Å². The molecule has 20 heavy (non-hydrogen) atoms. The molecular weight excluding hydrogens is 273 g/mol. The SMILES string of the molecule is CCCCCCCCCC(NC)c1ccc(F)cc1Cl. The summed E-state index contributed by atoms with van der Waals surface area (Å²) in [5.41, 5.74) is 1.00. The highest BCUT2D eigenvalue weighted by atomic mass is 35.5. The Hall–Kier alpha value is -0.600. The fraction of sp³-hybridized carbons (Fsp3) is 0.647. The maximum Gasteiger partial charge on any atom is 0.124 e. The molecule has 1 rings (SSSR count). The van der Waals surface area contributed by atoms with Gasteiger partial charge in [-0.2, -0.15) is 0 Å². The first kappa shape index (κ1) is 17.5. The normalized spacial score (nSPS) is 12.6. The molecule has 0 aliphatic carbocycles. The predicted molar refractivity (Wildman–Crippen MR) is 85.8 cm³/mol. The van der Waals surface area contributed by atoms with Crippen molar-refractivity contribution in [2.45, 2.75) is 64.3 Å². The van der Waals surface area contributed by atoms with Crippen LogP contribution >= 0.6 is 11.6 Å². The van der Waals surface area contributed by atoms with Crippen molar-refractivity contribution in [3.63, 3.8) is 0 Å². The van der Waals surface area contributed by atoms with E-state index in [2.05, 4.69) is 12.2 Å². The van der Waals surface area contributed by atoms with Crippen molar-refractivity contribution in [3.8, 4) is 0 Å². The highest BCUT2D eigenvalue weighted by molar-refractivity contribution is 6.31. The summed E-state index contributed by atoms with van der Waals surface area (Å²) in [6, 6.07) is 4.89. The number of rotatable bonds is 10. The number of hydrogen-bond donors (Lipinski definition) is 1. The molecule has 3 heteroatoms. The van der Waals surface area contributed by atoms with E-state index in [9.17, 15) is 4.39 Å². The highest BCUT2D eigenvalue weighted by Gasteiger charge is 2.12. The molecule has 0 spiro atoms. The molecule has 1 nitrogen and oxygen atoms in total. The molecule has 0 saturated carbocycles. The second-order valence-electron chi connectivity index (χ2n) is 5.42. The molecule has 114 valence electrons. The molecule has 0 fully saturated rings. The summed E-state index contributed by atoms with van der Waals surface area (Å²) in [5.74, 6) is -0.274. The van der Waals surface area contributed by atoms with E-state index in [1.54, 1.807) is 6.07 Å². The van der Waals surface area contributed by atoms with Crippen molar-refractivity contribution in [1.82, 2.24) is 5.32 Å². The zero-order chi connectivity index (χ0) is 14.8. The number of nitrogens with one attached hydrogen (secondary N) is 1. The predicted octanol–water partition coefficient (Wildman–Crippen LogP) is 5.88. The molecular formula is C17H27ClFN. The third kappa shape index (κ3) is 6.23. The first-order valence-electron chi connectivity index (χ1n) is 7.81. The maximum absolute atomic E-state index is 13.1. The molecule has 0 saturated heterocycles. The van der Waals surface area contributed by atoms with Crippen LogP contribution in [0, 0.1) is 5.82 Å². The topological polar surface area (TPSA) is 12.0 Å². The van der Waals surface area contributed by atoms with Gasteiger partial charge in [-0.05, 0) is 31.2 Å². The summed E-state index contributed by atoms with van der Waals surface area (Å²) in [6.45, 7) is 2.24. The van der Waals surface area contributed by atoms with Crippen LogP contribution in [0.4, 0.5) is 4.39 Å². The zero-order valence-corrected chi connectivity index (χ0v) is 13.5. The van der Waals surface area contributed by atoms with E-state index < -0.39 is 0 Å². The minimum absolute atomic E-state index is 0.221. The third-order valence-electron chi connectivity index (χ3n) is 3.78. The van der Waals surface area contributed by atoms with Crippen LogP contribution in [0.1, 0.15) is 69.9 Å². The maximum atomic E-state index is 13.1. The van der Waals surface area contributed by atoms with Gasteiger partial charge in [0.1, 0.15) is 5.82 Å². The number of unbranched alkanes of at least 4 members (excludes halogenated alkanes) is 6. The number of hydrogen-bond acceptors (Lipinski definition) is 1. The lowest BCUT2D eigenvalue weighted by Crippen LogP contribution is -2.16. The Morgan fingerprint density at radius 3 is 2.35 bits per heavy atom. The van der Waals surface area contributed by atoms with Gasteiger partial charge < -0.3 is 5.32 Å². The van der Waals surface area contributed by atoms with E-state index in [0.717, 1.165) is 12.0 Å². The average Bonchev–Trinajstić information content (AvgIpc) is 2.43. The molecule has 0 aliphatic heterocycles. The van der Waals surface area contributed by atoms with Crippen molar-refractivity contribution in [3.05, 3.63) is 34.6 Å². The fourth-order valence-electron chi connectivity index (χ4n) is 2.55. The summed E-state index contributed by atoms with van der Waals surface area (Å²) in [6.07, 6.45) is 10.2. The van der Waals surface area contributed by atoms with Crippen LogP contribution in [0.15, 0.2) is 18.2 Å². The van der Waals surface area contributed by atoms with Gasteiger partial charge in [0.25, 0.3) is 0 Å². The van der Waals surface area contributed by atoms with Crippen LogP contribution in [0.2, 0.25) is 5.02 Å². The molecule has 1 aromatic rings. The van der Waals surface area contributed by atoms with Gasteiger partial charge in [-0.1, -0.05) is 69.5 Å². The molecule has 1 atom stereocenters. The van der Waals surface area contributed by atoms with Crippen molar-refractivity contribution in [1.29, 1.82) is 0 Å².